The lowest BCUT2D eigenvalue weighted by Gasteiger charge is -2.03. The van der Waals surface area contributed by atoms with Gasteiger partial charge in [0.2, 0.25) is 5.91 Å². The van der Waals surface area contributed by atoms with Gasteiger partial charge in [-0.2, -0.15) is 0 Å². The number of rotatable bonds is 3. The van der Waals surface area contributed by atoms with Crippen LogP contribution in [0, 0.1) is 5.82 Å². The Bertz CT molecular complexity index is 390. The van der Waals surface area contributed by atoms with E-state index in [-0.39, 0.29) is 10.9 Å². The van der Waals surface area contributed by atoms with E-state index in [4.69, 9.17) is 11.6 Å². The molecule has 1 rings (SSSR count). The summed E-state index contributed by atoms with van der Waals surface area (Å²) in [6, 6.07) is 4.35. The fraction of sp³-hybridized carbons (Fsp3) is 0.182. The van der Waals surface area contributed by atoms with Gasteiger partial charge in [-0.15, -0.1) is 0 Å². The van der Waals surface area contributed by atoms with E-state index in [0.29, 0.717) is 6.54 Å². The van der Waals surface area contributed by atoms with Crippen LogP contribution in [0.2, 0.25) is 5.02 Å². The zero-order valence-corrected chi connectivity index (χ0v) is 9.01. The summed E-state index contributed by atoms with van der Waals surface area (Å²) in [5, 5.41) is 2.70. The fourth-order valence-electron chi connectivity index (χ4n) is 1.05. The van der Waals surface area contributed by atoms with Gasteiger partial charge < -0.3 is 5.32 Å². The molecule has 0 aromatic heterocycles. The molecule has 1 aromatic carbocycles. The predicted octanol–water partition coefficient (Wildman–Crippen LogP) is 2.67. The third kappa shape index (κ3) is 3.72. The summed E-state index contributed by atoms with van der Waals surface area (Å²) in [5.41, 5.74) is 0.763. The monoisotopic (exact) mass is 227 g/mol. The predicted molar refractivity (Wildman–Crippen MR) is 58.1 cm³/mol. The van der Waals surface area contributed by atoms with Crippen LogP contribution in [0.4, 0.5) is 4.39 Å². The van der Waals surface area contributed by atoms with Gasteiger partial charge >= 0.3 is 0 Å². The van der Waals surface area contributed by atoms with E-state index >= 15 is 0 Å². The van der Waals surface area contributed by atoms with Crippen LogP contribution < -0.4 is 5.32 Å². The minimum Gasteiger partial charge on any atom is -0.348 e. The first-order valence-electron chi connectivity index (χ1n) is 4.48. The first-order chi connectivity index (χ1) is 7.13. The van der Waals surface area contributed by atoms with E-state index in [1.807, 2.05) is 0 Å². The van der Waals surface area contributed by atoms with E-state index < -0.39 is 5.82 Å². The molecule has 4 heteroatoms. The number of hydrogen-bond donors (Lipinski definition) is 1. The number of nitrogens with one attached hydrogen (secondary N) is 1. The van der Waals surface area contributed by atoms with Crippen molar-refractivity contribution in [1.82, 2.24) is 5.32 Å². The van der Waals surface area contributed by atoms with E-state index in [2.05, 4.69) is 5.32 Å². The Morgan fingerprint density at radius 3 is 2.93 bits per heavy atom. The number of amides is 1. The van der Waals surface area contributed by atoms with Gasteiger partial charge in [0.05, 0.1) is 5.02 Å². The van der Waals surface area contributed by atoms with Gasteiger partial charge in [0.1, 0.15) is 5.82 Å². The second kappa shape index (κ2) is 5.51. The van der Waals surface area contributed by atoms with Crippen LogP contribution in [-0.4, -0.2) is 5.91 Å². The standard InChI is InChI=1S/C11H11ClFNO/c1-2-3-11(15)14-7-8-4-5-10(13)9(12)6-8/h2-6H,7H2,1H3,(H,14,15). The number of carbonyl (C=O) groups is 1. The molecule has 0 atom stereocenters. The molecule has 2 nitrogen and oxygen atoms in total. The summed E-state index contributed by atoms with van der Waals surface area (Å²) in [6.07, 6.45) is 3.07. The summed E-state index contributed by atoms with van der Waals surface area (Å²) < 4.78 is 12.8. The smallest absolute Gasteiger partial charge is 0.243 e. The summed E-state index contributed by atoms with van der Waals surface area (Å²) in [5.74, 6) is -0.641. The molecular formula is C11H11ClFNO. The topological polar surface area (TPSA) is 29.1 Å². The molecule has 0 aliphatic carbocycles. The molecule has 0 fully saturated rings. The maximum Gasteiger partial charge on any atom is 0.243 e. The SMILES string of the molecule is CC=CC(=O)NCc1ccc(F)c(Cl)c1. The molecule has 0 spiro atoms. The average molecular weight is 228 g/mol. The molecule has 0 radical (unpaired) electrons. The molecule has 0 heterocycles. The van der Waals surface area contributed by atoms with Crippen LogP contribution in [0.15, 0.2) is 30.4 Å². The molecule has 0 bridgehead atoms. The highest BCUT2D eigenvalue weighted by molar-refractivity contribution is 6.30. The molecule has 0 saturated heterocycles. The van der Waals surface area contributed by atoms with Crippen LogP contribution in [0.25, 0.3) is 0 Å². The van der Waals surface area contributed by atoms with E-state index in [1.54, 1.807) is 19.1 Å². The van der Waals surface area contributed by atoms with Crippen molar-refractivity contribution in [1.29, 1.82) is 0 Å². The van der Waals surface area contributed by atoms with Crippen LogP contribution in [0.3, 0.4) is 0 Å². The van der Waals surface area contributed by atoms with Crippen molar-refractivity contribution in [2.24, 2.45) is 0 Å². The number of benzene rings is 1. The maximum atomic E-state index is 12.8. The molecule has 0 unspecified atom stereocenters. The van der Waals surface area contributed by atoms with Crippen LogP contribution in [0.1, 0.15) is 12.5 Å². The summed E-state index contributed by atoms with van der Waals surface area (Å²) >= 11 is 5.59. The van der Waals surface area contributed by atoms with Crippen LogP contribution >= 0.6 is 11.6 Å². The number of allylic oxidation sites excluding steroid dienone is 1. The zero-order chi connectivity index (χ0) is 11.3. The van der Waals surface area contributed by atoms with E-state index in [0.717, 1.165) is 5.56 Å². The molecule has 0 aliphatic heterocycles. The highest BCUT2D eigenvalue weighted by Gasteiger charge is 2.01. The first kappa shape index (κ1) is 11.7. The van der Waals surface area contributed by atoms with Crippen molar-refractivity contribution in [3.63, 3.8) is 0 Å². The number of carbonyl (C=O) groups excluding carboxylic acids is 1. The largest absolute Gasteiger partial charge is 0.348 e. The number of hydrogen-bond acceptors (Lipinski definition) is 1. The summed E-state index contributed by atoms with van der Waals surface area (Å²) in [6.45, 7) is 2.09. The summed E-state index contributed by atoms with van der Waals surface area (Å²) in [4.78, 5) is 11.1. The fourth-order valence-corrected chi connectivity index (χ4v) is 1.25. The summed E-state index contributed by atoms with van der Waals surface area (Å²) in [7, 11) is 0. The highest BCUT2D eigenvalue weighted by atomic mass is 35.5. The number of halogens is 2. The third-order valence-electron chi connectivity index (χ3n) is 1.77. The van der Waals surface area contributed by atoms with E-state index in [9.17, 15) is 9.18 Å². The van der Waals surface area contributed by atoms with Crippen LogP contribution in [-0.2, 0) is 11.3 Å². The minimum atomic E-state index is -0.458. The second-order valence-corrected chi connectivity index (χ2v) is 3.37. The van der Waals surface area contributed by atoms with Gasteiger partial charge in [0.15, 0.2) is 0 Å². The minimum absolute atomic E-state index is 0.0628. The van der Waals surface area contributed by atoms with Gasteiger partial charge in [0.25, 0.3) is 0 Å². The normalized spacial score (nSPS) is 10.6. The molecule has 1 N–H and O–H groups in total. The lowest BCUT2D eigenvalue weighted by Crippen LogP contribution is -2.20. The Hall–Kier alpha value is -1.35. The van der Waals surface area contributed by atoms with Gasteiger partial charge in [-0.25, -0.2) is 4.39 Å². The molecule has 15 heavy (non-hydrogen) atoms. The van der Waals surface area contributed by atoms with Crippen molar-refractivity contribution in [2.45, 2.75) is 13.5 Å². The Morgan fingerprint density at radius 2 is 2.33 bits per heavy atom. The zero-order valence-electron chi connectivity index (χ0n) is 8.26. The Morgan fingerprint density at radius 1 is 1.60 bits per heavy atom. The van der Waals surface area contributed by atoms with E-state index in [1.165, 1.54) is 18.2 Å². The maximum absolute atomic E-state index is 12.8. The molecule has 0 aliphatic rings. The molecular weight excluding hydrogens is 217 g/mol. The molecule has 1 amide bonds. The van der Waals surface area contributed by atoms with Gasteiger partial charge in [-0.3, -0.25) is 4.79 Å². The Labute approximate surface area is 92.7 Å². The Balaban J connectivity index is 2.58. The highest BCUT2D eigenvalue weighted by Crippen LogP contribution is 2.15. The van der Waals surface area contributed by atoms with Gasteiger partial charge in [-0.1, -0.05) is 23.7 Å². The van der Waals surface area contributed by atoms with Crippen molar-refractivity contribution in [3.8, 4) is 0 Å². The van der Waals surface area contributed by atoms with Crippen LogP contribution in [0.5, 0.6) is 0 Å². The molecule has 1 aromatic rings. The van der Waals surface area contributed by atoms with Crippen molar-refractivity contribution < 1.29 is 9.18 Å². The Kier molecular flexibility index (Phi) is 4.31. The first-order valence-corrected chi connectivity index (χ1v) is 4.85. The van der Waals surface area contributed by atoms with Crippen molar-refractivity contribution in [2.75, 3.05) is 0 Å². The lowest BCUT2D eigenvalue weighted by molar-refractivity contribution is -0.116. The lowest BCUT2D eigenvalue weighted by atomic mass is 10.2. The second-order valence-electron chi connectivity index (χ2n) is 2.97. The average Bonchev–Trinajstić information content (AvgIpc) is 2.20. The van der Waals surface area contributed by atoms with Crippen molar-refractivity contribution in [3.05, 3.63) is 46.8 Å². The molecule has 0 saturated carbocycles. The van der Waals surface area contributed by atoms with Gasteiger partial charge in [-0.05, 0) is 30.7 Å². The molecule has 80 valence electrons. The van der Waals surface area contributed by atoms with Gasteiger partial charge in [0, 0.05) is 6.54 Å². The third-order valence-corrected chi connectivity index (χ3v) is 2.06. The quantitative estimate of drug-likeness (QED) is 0.791. The van der Waals surface area contributed by atoms with Crippen molar-refractivity contribution >= 4 is 17.5 Å².